The van der Waals surface area contributed by atoms with Crippen molar-refractivity contribution >= 4 is 16.8 Å². The Kier molecular flexibility index (Phi) is 5.84. The molecule has 0 bridgehead atoms. The Labute approximate surface area is 153 Å². The average Bonchev–Trinajstić information content (AvgIpc) is 2.65. The number of benzene rings is 2. The molecule has 0 spiro atoms. The third-order valence-corrected chi connectivity index (χ3v) is 4.59. The SMILES string of the molecule is Cc1cccc2cc(CCC(=O)NCCCc3ccccc3)c(=O)[nH]c12. The molecule has 0 fully saturated rings. The number of pyridine rings is 1. The predicted molar refractivity (Wildman–Crippen MR) is 105 cm³/mol. The van der Waals surface area contributed by atoms with Gasteiger partial charge in [0, 0.05) is 18.5 Å². The molecule has 0 saturated carbocycles. The highest BCUT2D eigenvalue weighted by Gasteiger charge is 2.07. The Bertz CT molecular complexity index is 945. The van der Waals surface area contributed by atoms with Crippen LogP contribution in [-0.4, -0.2) is 17.4 Å². The molecule has 26 heavy (non-hydrogen) atoms. The van der Waals surface area contributed by atoms with Crippen molar-refractivity contribution in [2.75, 3.05) is 6.54 Å². The molecule has 0 saturated heterocycles. The second-order valence-electron chi connectivity index (χ2n) is 6.60. The van der Waals surface area contributed by atoms with Gasteiger partial charge in [-0.15, -0.1) is 0 Å². The number of fused-ring (bicyclic) bond motifs is 1. The van der Waals surface area contributed by atoms with Gasteiger partial charge in [0.25, 0.3) is 5.56 Å². The molecule has 1 aromatic heterocycles. The van der Waals surface area contributed by atoms with E-state index >= 15 is 0 Å². The van der Waals surface area contributed by atoms with Crippen LogP contribution >= 0.6 is 0 Å². The molecule has 2 N–H and O–H groups in total. The van der Waals surface area contributed by atoms with Crippen molar-refractivity contribution in [2.24, 2.45) is 0 Å². The molecular weight excluding hydrogens is 324 g/mol. The number of para-hydroxylation sites is 1. The summed E-state index contributed by atoms with van der Waals surface area (Å²) in [5.41, 5.74) is 3.74. The van der Waals surface area contributed by atoms with Gasteiger partial charge in [0.05, 0.1) is 5.52 Å². The maximum absolute atomic E-state index is 12.2. The molecule has 0 aliphatic rings. The fourth-order valence-corrected chi connectivity index (χ4v) is 3.12. The first-order valence-corrected chi connectivity index (χ1v) is 9.05. The Morgan fingerprint density at radius 3 is 2.65 bits per heavy atom. The van der Waals surface area contributed by atoms with Gasteiger partial charge < -0.3 is 10.3 Å². The summed E-state index contributed by atoms with van der Waals surface area (Å²) in [6, 6.07) is 18.1. The molecule has 2 aromatic carbocycles. The van der Waals surface area contributed by atoms with Crippen LogP contribution in [0, 0.1) is 6.92 Å². The van der Waals surface area contributed by atoms with Crippen molar-refractivity contribution in [2.45, 2.75) is 32.6 Å². The van der Waals surface area contributed by atoms with Crippen molar-refractivity contribution < 1.29 is 4.79 Å². The van der Waals surface area contributed by atoms with Gasteiger partial charge in [0.1, 0.15) is 0 Å². The topological polar surface area (TPSA) is 62.0 Å². The molecule has 0 aliphatic carbocycles. The van der Waals surface area contributed by atoms with Crippen molar-refractivity contribution in [3.8, 4) is 0 Å². The number of carbonyl (C=O) groups is 1. The molecular formula is C22H24N2O2. The number of nitrogens with one attached hydrogen (secondary N) is 2. The van der Waals surface area contributed by atoms with Gasteiger partial charge in [-0.3, -0.25) is 9.59 Å². The smallest absolute Gasteiger partial charge is 0.251 e. The standard InChI is InChI=1S/C22H24N2O2/c1-16-7-5-11-18-15-19(22(26)24-21(16)18)12-13-20(25)23-14-6-10-17-8-3-2-4-9-17/h2-5,7-9,11,15H,6,10,12-14H2,1H3,(H,23,25)(H,24,26). The van der Waals surface area contributed by atoms with Crippen molar-refractivity contribution in [3.05, 3.63) is 81.6 Å². The third-order valence-electron chi connectivity index (χ3n) is 4.59. The van der Waals surface area contributed by atoms with E-state index in [-0.39, 0.29) is 11.5 Å². The second kappa shape index (κ2) is 8.48. The van der Waals surface area contributed by atoms with E-state index in [0.29, 0.717) is 24.9 Å². The summed E-state index contributed by atoms with van der Waals surface area (Å²) in [6.07, 6.45) is 2.63. The molecule has 0 aliphatic heterocycles. The van der Waals surface area contributed by atoms with E-state index in [4.69, 9.17) is 0 Å². The summed E-state index contributed by atoms with van der Waals surface area (Å²) in [5.74, 6) is -0.0122. The zero-order valence-corrected chi connectivity index (χ0v) is 15.0. The minimum Gasteiger partial charge on any atom is -0.356 e. The van der Waals surface area contributed by atoms with Crippen molar-refractivity contribution in [1.29, 1.82) is 0 Å². The normalized spacial score (nSPS) is 10.8. The Morgan fingerprint density at radius 2 is 1.85 bits per heavy atom. The van der Waals surface area contributed by atoms with Crippen LogP contribution in [0.1, 0.15) is 29.5 Å². The van der Waals surface area contributed by atoms with Crippen LogP contribution in [0.25, 0.3) is 10.9 Å². The van der Waals surface area contributed by atoms with Crippen LogP contribution in [0.5, 0.6) is 0 Å². The van der Waals surface area contributed by atoms with Gasteiger partial charge >= 0.3 is 0 Å². The number of aromatic amines is 1. The van der Waals surface area contributed by atoms with Crippen molar-refractivity contribution in [1.82, 2.24) is 10.3 Å². The maximum atomic E-state index is 12.2. The summed E-state index contributed by atoms with van der Waals surface area (Å²) >= 11 is 0. The number of aromatic nitrogens is 1. The molecule has 0 radical (unpaired) electrons. The zero-order chi connectivity index (χ0) is 18.4. The summed E-state index contributed by atoms with van der Waals surface area (Å²) in [5, 5.41) is 3.94. The lowest BCUT2D eigenvalue weighted by molar-refractivity contribution is -0.121. The molecule has 134 valence electrons. The third kappa shape index (κ3) is 4.60. The van der Waals surface area contributed by atoms with Crippen LogP contribution in [0.15, 0.2) is 59.4 Å². The van der Waals surface area contributed by atoms with Crippen LogP contribution in [0.4, 0.5) is 0 Å². The van der Waals surface area contributed by atoms with E-state index < -0.39 is 0 Å². The second-order valence-corrected chi connectivity index (χ2v) is 6.60. The number of hydrogen-bond acceptors (Lipinski definition) is 2. The molecule has 4 heteroatoms. The Balaban J connectivity index is 1.49. The number of rotatable bonds is 7. The number of carbonyl (C=O) groups excluding carboxylic acids is 1. The molecule has 0 unspecified atom stereocenters. The van der Waals surface area contributed by atoms with Gasteiger partial charge in [-0.05, 0) is 48.8 Å². The number of H-pyrrole nitrogens is 1. The first-order valence-electron chi connectivity index (χ1n) is 9.05. The van der Waals surface area contributed by atoms with Gasteiger partial charge in [-0.2, -0.15) is 0 Å². The van der Waals surface area contributed by atoms with Crippen LogP contribution in [0.2, 0.25) is 0 Å². The number of hydrogen-bond donors (Lipinski definition) is 2. The fourth-order valence-electron chi connectivity index (χ4n) is 3.12. The average molecular weight is 348 g/mol. The lowest BCUT2D eigenvalue weighted by atomic mass is 10.1. The van der Waals surface area contributed by atoms with E-state index in [1.54, 1.807) is 0 Å². The molecule has 1 amide bonds. The Morgan fingerprint density at radius 1 is 1.04 bits per heavy atom. The fraction of sp³-hybridized carbons (Fsp3) is 0.273. The highest BCUT2D eigenvalue weighted by molar-refractivity contribution is 5.82. The van der Waals surface area contributed by atoms with Gasteiger partial charge in [0.15, 0.2) is 0 Å². The molecule has 3 aromatic rings. The minimum absolute atomic E-state index is 0.0122. The van der Waals surface area contributed by atoms with E-state index in [2.05, 4.69) is 22.4 Å². The van der Waals surface area contributed by atoms with Crippen LogP contribution in [-0.2, 0) is 17.6 Å². The Hall–Kier alpha value is -2.88. The number of aryl methyl sites for hydroxylation is 3. The molecule has 4 nitrogen and oxygen atoms in total. The van der Waals surface area contributed by atoms with E-state index in [1.165, 1.54) is 5.56 Å². The van der Waals surface area contributed by atoms with Gasteiger partial charge in [-0.25, -0.2) is 0 Å². The van der Waals surface area contributed by atoms with E-state index in [1.807, 2.05) is 49.4 Å². The lowest BCUT2D eigenvalue weighted by Gasteiger charge is -2.07. The van der Waals surface area contributed by atoms with Gasteiger partial charge in [0.2, 0.25) is 5.91 Å². The minimum atomic E-state index is -0.108. The zero-order valence-electron chi connectivity index (χ0n) is 15.0. The van der Waals surface area contributed by atoms with E-state index in [9.17, 15) is 9.59 Å². The highest BCUT2D eigenvalue weighted by Crippen LogP contribution is 2.15. The highest BCUT2D eigenvalue weighted by atomic mass is 16.1. The predicted octanol–water partition coefficient (Wildman–Crippen LogP) is 3.52. The molecule has 1 heterocycles. The van der Waals surface area contributed by atoms with Gasteiger partial charge in [-0.1, -0.05) is 48.5 Å². The molecule has 0 atom stereocenters. The van der Waals surface area contributed by atoms with Crippen LogP contribution < -0.4 is 10.9 Å². The van der Waals surface area contributed by atoms with E-state index in [0.717, 1.165) is 29.3 Å². The first kappa shape index (κ1) is 17.9. The van der Waals surface area contributed by atoms with Crippen molar-refractivity contribution in [3.63, 3.8) is 0 Å². The largest absolute Gasteiger partial charge is 0.356 e. The number of amides is 1. The lowest BCUT2D eigenvalue weighted by Crippen LogP contribution is -2.26. The monoisotopic (exact) mass is 348 g/mol. The van der Waals surface area contributed by atoms with Crippen LogP contribution in [0.3, 0.4) is 0 Å². The summed E-state index contributed by atoms with van der Waals surface area (Å²) in [6.45, 7) is 2.63. The quantitative estimate of drug-likeness (QED) is 0.642. The summed E-state index contributed by atoms with van der Waals surface area (Å²) < 4.78 is 0. The molecule has 3 rings (SSSR count). The summed E-state index contributed by atoms with van der Waals surface area (Å²) in [4.78, 5) is 27.2. The maximum Gasteiger partial charge on any atom is 0.251 e. The summed E-state index contributed by atoms with van der Waals surface area (Å²) in [7, 11) is 0. The first-order chi connectivity index (χ1) is 12.6.